The number of methoxy groups -OCH3 is 1. The summed E-state index contributed by atoms with van der Waals surface area (Å²) in [6.07, 6.45) is 4.30. The normalized spacial score (nSPS) is 17.9. The predicted octanol–water partition coefficient (Wildman–Crippen LogP) is 2.39. The fourth-order valence-corrected chi connectivity index (χ4v) is 3.02. The minimum Gasteiger partial charge on any atom is -0.396 e. The van der Waals surface area contributed by atoms with Crippen LogP contribution in [-0.4, -0.2) is 43.4 Å². The molecule has 106 valence electrons. The molecule has 0 saturated heterocycles. The standard InChI is InChI=1S/C16H25NO2/c1-19-13-5-11-17(10-4-12-18)16-9-8-14-6-2-3-7-15(14)16/h2-3,6-7,16,18H,4-5,8-13H2,1H3. The first kappa shape index (κ1) is 14.5. The maximum atomic E-state index is 9.07. The van der Waals surface area contributed by atoms with E-state index in [4.69, 9.17) is 9.84 Å². The van der Waals surface area contributed by atoms with E-state index in [0.29, 0.717) is 6.04 Å². The predicted molar refractivity (Wildman–Crippen MR) is 77.3 cm³/mol. The highest BCUT2D eigenvalue weighted by molar-refractivity contribution is 5.34. The number of hydrogen-bond donors (Lipinski definition) is 1. The molecule has 0 aromatic heterocycles. The number of aliphatic hydroxyl groups excluding tert-OH is 1. The molecule has 1 aromatic carbocycles. The SMILES string of the molecule is COCCCN(CCCO)C1CCc2ccccc21. The van der Waals surface area contributed by atoms with E-state index in [1.165, 1.54) is 24.0 Å². The molecule has 1 aromatic rings. The van der Waals surface area contributed by atoms with Gasteiger partial charge in [-0.2, -0.15) is 0 Å². The Kier molecular flexibility index (Phi) is 5.83. The molecule has 0 spiro atoms. The fraction of sp³-hybridized carbons (Fsp3) is 0.625. The molecular formula is C16H25NO2. The summed E-state index contributed by atoms with van der Waals surface area (Å²) in [4.78, 5) is 2.51. The van der Waals surface area contributed by atoms with Gasteiger partial charge in [-0.1, -0.05) is 24.3 Å². The average molecular weight is 263 g/mol. The van der Waals surface area contributed by atoms with E-state index in [9.17, 15) is 0 Å². The zero-order chi connectivity index (χ0) is 13.5. The van der Waals surface area contributed by atoms with Gasteiger partial charge >= 0.3 is 0 Å². The third-order valence-electron chi connectivity index (χ3n) is 3.94. The van der Waals surface area contributed by atoms with Crippen molar-refractivity contribution in [2.24, 2.45) is 0 Å². The number of benzene rings is 1. The van der Waals surface area contributed by atoms with Crippen molar-refractivity contribution in [3.8, 4) is 0 Å². The van der Waals surface area contributed by atoms with Crippen LogP contribution in [0.1, 0.15) is 36.4 Å². The molecule has 0 bridgehead atoms. The summed E-state index contributed by atoms with van der Waals surface area (Å²) in [5.41, 5.74) is 2.98. The van der Waals surface area contributed by atoms with Crippen molar-refractivity contribution in [3.63, 3.8) is 0 Å². The molecule has 1 N–H and O–H groups in total. The Bertz CT molecular complexity index is 381. The zero-order valence-electron chi connectivity index (χ0n) is 11.8. The first-order chi connectivity index (χ1) is 9.36. The summed E-state index contributed by atoms with van der Waals surface area (Å²) in [5, 5.41) is 9.07. The topological polar surface area (TPSA) is 32.7 Å². The molecule has 0 aliphatic heterocycles. The molecule has 0 heterocycles. The third-order valence-corrected chi connectivity index (χ3v) is 3.94. The highest BCUT2D eigenvalue weighted by Crippen LogP contribution is 2.35. The summed E-state index contributed by atoms with van der Waals surface area (Å²) >= 11 is 0. The number of ether oxygens (including phenoxy) is 1. The van der Waals surface area contributed by atoms with Crippen LogP contribution >= 0.6 is 0 Å². The largest absolute Gasteiger partial charge is 0.396 e. The lowest BCUT2D eigenvalue weighted by Gasteiger charge is -2.29. The maximum Gasteiger partial charge on any atom is 0.0474 e. The first-order valence-corrected chi connectivity index (χ1v) is 7.28. The van der Waals surface area contributed by atoms with Gasteiger partial charge in [0.25, 0.3) is 0 Å². The lowest BCUT2D eigenvalue weighted by molar-refractivity contribution is 0.139. The number of rotatable bonds is 8. The van der Waals surface area contributed by atoms with Crippen LogP contribution in [0.2, 0.25) is 0 Å². The molecule has 1 aliphatic rings. The van der Waals surface area contributed by atoms with Crippen molar-refractivity contribution in [1.82, 2.24) is 4.90 Å². The van der Waals surface area contributed by atoms with Gasteiger partial charge in [0.05, 0.1) is 0 Å². The van der Waals surface area contributed by atoms with E-state index in [-0.39, 0.29) is 6.61 Å². The highest BCUT2D eigenvalue weighted by Gasteiger charge is 2.26. The monoisotopic (exact) mass is 263 g/mol. The van der Waals surface area contributed by atoms with E-state index < -0.39 is 0 Å². The molecule has 0 fully saturated rings. The van der Waals surface area contributed by atoms with Crippen LogP contribution in [0.3, 0.4) is 0 Å². The quantitative estimate of drug-likeness (QED) is 0.731. The lowest BCUT2D eigenvalue weighted by atomic mass is 10.1. The molecule has 1 atom stereocenters. The lowest BCUT2D eigenvalue weighted by Crippen LogP contribution is -2.30. The number of hydrogen-bond acceptors (Lipinski definition) is 3. The average Bonchev–Trinajstić information content (AvgIpc) is 2.87. The van der Waals surface area contributed by atoms with Crippen molar-refractivity contribution < 1.29 is 9.84 Å². The number of fused-ring (bicyclic) bond motifs is 1. The van der Waals surface area contributed by atoms with Gasteiger partial charge < -0.3 is 9.84 Å². The van der Waals surface area contributed by atoms with Crippen LogP contribution in [0.4, 0.5) is 0 Å². The second-order valence-corrected chi connectivity index (χ2v) is 5.21. The molecule has 3 heteroatoms. The Morgan fingerprint density at radius 2 is 2.05 bits per heavy atom. The van der Waals surface area contributed by atoms with Gasteiger partial charge in [-0.15, -0.1) is 0 Å². The summed E-state index contributed by atoms with van der Waals surface area (Å²) < 4.78 is 5.15. The summed E-state index contributed by atoms with van der Waals surface area (Å²) in [6, 6.07) is 9.30. The molecule has 19 heavy (non-hydrogen) atoms. The van der Waals surface area contributed by atoms with Gasteiger partial charge in [-0.3, -0.25) is 4.90 Å². The maximum absolute atomic E-state index is 9.07. The zero-order valence-corrected chi connectivity index (χ0v) is 11.8. The summed E-state index contributed by atoms with van der Waals surface area (Å²) in [6.45, 7) is 3.10. The Morgan fingerprint density at radius 1 is 1.26 bits per heavy atom. The molecule has 1 aliphatic carbocycles. The molecule has 0 saturated carbocycles. The van der Waals surface area contributed by atoms with Crippen LogP contribution < -0.4 is 0 Å². The van der Waals surface area contributed by atoms with E-state index >= 15 is 0 Å². The van der Waals surface area contributed by atoms with Crippen molar-refractivity contribution in [2.75, 3.05) is 33.4 Å². The van der Waals surface area contributed by atoms with Crippen LogP contribution in [-0.2, 0) is 11.2 Å². The molecule has 2 rings (SSSR count). The van der Waals surface area contributed by atoms with Crippen molar-refractivity contribution >= 4 is 0 Å². The molecular weight excluding hydrogens is 238 g/mol. The molecule has 1 unspecified atom stereocenters. The number of nitrogens with zero attached hydrogens (tertiary/aromatic N) is 1. The second kappa shape index (κ2) is 7.63. The van der Waals surface area contributed by atoms with E-state index in [1.807, 2.05) is 0 Å². The first-order valence-electron chi connectivity index (χ1n) is 7.28. The highest BCUT2D eigenvalue weighted by atomic mass is 16.5. The summed E-state index contributed by atoms with van der Waals surface area (Å²) in [7, 11) is 1.75. The van der Waals surface area contributed by atoms with E-state index in [1.54, 1.807) is 7.11 Å². The van der Waals surface area contributed by atoms with Crippen molar-refractivity contribution in [1.29, 1.82) is 0 Å². The third kappa shape index (κ3) is 3.78. The Balaban J connectivity index is 2.01. The van der Waals surface area contributed by atoms with Gasteiger partial charge in [-0.25, -0.2) is 0 Å². The molecule has 3 nitrogen and oxygen atoms in total. The van der Waals surface area contributed by atoms with Crippen LogP contribution in [0.15, 0.2) is 24.3 Å². The molecule has 0 amide bonds. The Hall–Kier alpha value is -0.900. The fourth-order valence-electron chi connectivity index (χ4n) is 3.02. The van der Waals surface area contributed by atoms with Crippen molar-refractivity contribution in [2.45, 2.75) is 31.7 Å². The van der Waals surface area contributed by atoms with Gasteiger partial charge in [0.2, 0.25) is 0 Å². The smallest absolute Gasteiger partial charge is 0.0474 e. The number of aryl methyl sites for hydroxylation is 1. The van der Waals surface area contributed by atoms with Gasteiger partial charge in [-0.05, 0) is 36.8 Å². The van der Waals surface area contributed by atoms with E-state index in [2.05, 4.69) is 29.2 Å². The van der Waals surface area contributed by atoms with Crippen LogP contribution in [0.25, 0.3) is 0 Å². The second-order valence-electron chi connectivity index (χ2n) is 5.21. The molecule has 0 radical (unpaired) electrons. The Labute approximate surface area is 116 Å². The Morgan fingerprint density at radius 3 is 2.84 bits per heavy atom. The minimum absolute atomic E-state index is 0.273. The van der Waals surface area contributed by atoms with Crippen LogP contribution in [0, 0.1) is 0 Å². The van der Waals surface area contributed by atoms with Crippen LogP contribution in [0.5, 0.6) is 0 Å². The van der Waals surface area contributed by atoms with E-state index in [0.717, 1.165) is 32.5 Å². The van der Waals surface area contributed by atoms with Gasteiger partial charge in [0.15, 0.2) is 0 Å². The number of aliphatic hydroxyl groups is 1. The summed E-state index contributed by atoms with van der Waals surface area (Å²) in [5.74, 6) is 0. The van der Waals surface area contributed by atoms with Gasteiger partial charge in [0.1, 0.15) is 0 Å². The van der Waals surface area contributed by atoms with Crippen molar-refractivity contribution in [3.05, 3.63) is 35.4 Å². The van der Waals surface area contributed by atoms with Gasteiger partial charge in [0, 0.05) is 39.5 Å². The minimum atomic E-state index is 0.273.